The van der Waals surface area contributed by atoms with E-state index >= 15 is 0 Å². The maximum atomic E-state index is 12.2. The van der Waals surface area contributed by atoms with Crippen molar-refractivity contribution in [2.24, 2.45) is 10.9 Å². The first-order valence-corrected chi connectivity index (χ1v) is 11.0. The molecule has 1 aliphatic rings. The van der Waals surface area contributed by atoms with Crippen LogP contribution in [0.5, 0.6) is 0 Å². The lowest BCUT2D eigenvalue weighted by Gasteiger charge is -2.35. The Kier molecular flexibility index (Phi) is 10.1. The minimum atomic E-state index is 0.0293. The first kappa shape index (κ1) is 24.2. The van der Waals surface area contributed by atoms with Gasteiger partial charge in [-0.25, -0.2) is 0 Å². The molecule has 0 spiro atoms. The number of hydrogen-bond donors (Lipinski definition) is 2. The Morgan fingerprint density at radius 2 is 1.97 bits per heavy atom. The van der Waals surface area contributed by atoms with Crippen LogP contribution in [0, 0.1) is 5.92 Å². The third-order valence-electron chi connectivity index (χ3n) is 5.32. The first-order valence-electron chi connectivity index (χ1n) is 11.0. The molecular weight excluding hydrogens is 378 g/mol. The molecule has 168 valence electrons. The van der Waals surface area contributed by atoms with Crippen molar-refractivity contribution in [3.05, 3.63) is 35.4 Å². The van der Waals surface area contributed by atoms with Crippen LogP contribution < -0.4 is 10.6 Å². The van der Waals surface area contributed by atoms with Gasteiger partial charge in [0.2, 0.25) is 0 Å². The van der Waals surface area contributed by atoms with Crippen LogP contribution >= 0.6 is 0 Å². The van der Waals surface area contributed by atoms with Crippen LogP contribution in [0.25, 0.3) is 0 Å². The lowest BCUT2D eigenvalue weighted by molar-refractivity contribution is 0.0132. The van der Waals surface area contributed by atoms with Crippen LogP contribution in [0.3, 0.4) is 0 Å². The van der Waals surface area contributed by atoms with Gasteiger partial charge in [-0.3, -0.25) is 14.7 Å². The maximum Gasteiger partial charge on any atom is 0.253 e. The fourth-order valence-electron chi connectivity index (χ4n) is 3.73. The quantitative estimate of drug-likeness (QED) is 0.474. The monoisotopic (exact) mass is 417 g/mol. The number of nitrogens with one attached hydrogen (secondary N) is 2. The predicted octanol–water partition coefficient (Wildman–Crippen LogP) is 1.84. The second kappa shape index (κ2) is 12.5. The molecule has 0 bridgehead atoms. The molecule has 2 N–H and O–H groups in total. The Labute approximate surface area is 181 Å². The number of amides is 1. The molecule has 1 aromatic carbocycles. The van der Waals surface area contributed by atoms with E-state index in [9.17, 15) is 4.79 Å². The highest BCUT2D eigenvalue weighted by Gasteiger charge is 2.22. The van der Waals surface area contributed by atoms with E-state index in [1.807, 2.05) is 18.2 Å². The van der Waals surface area contributed by atoms with Crippen molar-refractivity contribution >= 4 is 11.9 Å². The highest BCUT2D eigenvalue weighted by Crippen LogP contribution is 2.13. The minimum absolute atomic E-state index is 0.0293. The number of carbonyl (C=O) groups is 1. The molecule has 0 aromatic heterocycles. The third-order valence-corrected chi connectivity index (χ3v) is 5.32. The molecule has 1 aliphatic heterocycles. The Hall–Kier alpha value is -2.12. The highest BCUT2D eigenvalue weighted by atomic mass is 16.5. The molecule has 1 unspecified atom stereocenters. The number of morpholine rings is 1. The van der Waals surface area contributed by atoms with E-state index in [2.05, 4.69) is 40.4 Å². The number of hydrogen-bond acceptors (Lipinski definition) is 4. The molecule has 0 aliphatic carbocycles. The first-order chi connectivity index (χ1) is 14.4. The summed E-state index contributed by atoms with van der Waals surface area (Å²) in [7, 11) is 5.35. The summed E-state index contributed by atoms with van der Waals surface area (Å²) in [4.78, 5) is 20.7. The van der Waals surface area contributed by atoms with Gasteiger partial charge in [0.25, 0.3) is 5.91 Å². The van der Waals surface area contributed by atoms with Gasteiger partial charge in [0.15, 0.2) is 5.96 Å². The van der Waals surface area contributed by atoms with E-state index in [4.69, 9.17) is 4.74 Å². The molecule has 7 nitrogen and oxygen atoms in total. The smallest absolute Gasteiger partial charge is 0.253 e. The number of rotatable bonds is 9. The second-order valence-electron chi connectivity index (χ2n) is 8.46. The topological polar surface area (TPSA) is 69.2 Å². The summed E-state index contributed by atoms with van der Waals surface area (Å²) in [5.74, 6) is 1.49. The molecule has 7 heteroatoms. The lowest BCUT2D eigenvalue weighted by Crippen LogP contribution is -2.51. The van der Waals surface area contributed by atoms with E-state index in [1.54, 1.807) is 26.0 Å². The number of aliphatic imine (C=N–C) groups is 1. The average molecular weight is 418 g/mol. The number of guanidine groups is 1. The van der Waals surface area contributed by atoms with Gasteiger partial charge in [-0.15, -0.1) is 0 Å². The molecule has 1 saturated heterocycles. The van der Waals surface area contributed by atoms with Gasteiger partial charge in [-0.05, 0) is 36.5 Å². The van der Waals surface area contributed by atoms with Gasteiger partial charge in [-0.2, -0.15) is 0 Å². The molecule has 0 radical (unpaired) electrons. The van der Waals surface area contributed by atoms with E-state index in [0.29, 0.717) is 12.0 Å². The zero-order valence-electron chi connectivity index (χ0n) is 19.3. The predicted molar refractivity (Wildman–Crippen MR) is 123 cm³/mol. The van der Waals surface area contributed by atoms with Crippen molar-refractivity contribution in [3.63, 3.8) is 0 Å². The molecule has 1 heterocycles. The zero-order valence-corrected chi connectivity index (χ0v) is 19.3. The minimum Gasteiger partial charge on any atom is -0.379 e. The second-order valence-corrected chi connectivity index (χ2v) is 8.46. The Morgan fingerprint density at radius 3 is 2.60 bits per heavy atom. The Morgan fingerprint density at radius 1 is 1.23 bits per heavy atom. The van der Waals surface area contributed by atoms with Crippen LogP contribution in [0.15, 0.2) is 29.3 Å². The summed E-state index contributed by atoms with van der Waals surface area (Å²) in [5.41, 5.74) is 1.86. The van der Waals surface area contributed by atoms with E-state index in [0.717, 1.165) is 69.3 Å². The van der Waals surface area contributed by atoms with Crippen molar-refractivity contribution < 1.29 is 9.53 Å². The summed E-state index contributed by atoms with van der Waals surface area (Å²) >= 11 is 0. The highest BCUT2D eigenvalue weighted by molar-refractivity contribution is 5.94. The fourth-order valence-corrected chi connectivity index (χ4v) is 3.73. The summed E-state index contributed by atoms with van der Waals surface area (Å²) in [5, 5.41) is 6.90. The largest absolute Gasteiger partial charge is 0.379 e. The average Bonchev–Trinajstić information content (AvgIpc) is 2.75. The standard InChI is InChI=1S/C23H39N5O2/c1-18(2)15-21(28-11-13-30-14-12-28)17-26-23(24-3)25-10-9-19-7-6-8-20(16-19)22(29)27(4)5/h6-8,16,18,21H,9-15,17H2,1-5H3,(H2,24,25,26). The van der Waals surface area contributed by atoms with Crippen molar-refractivity contribution in [1.82, 2.24) is 20.4 Å². The maximum absolute atomic E-state index is 12.2. The molecule has 1 amide bonds. The fraction of sp³-hybridized carbons (Fsp3) is 0.652. The van der Waals surface area contributed by atoms with Crippen molar-refractivity contribution in [2.45, 2.75) is 32.7 Å². The molecule has 0 saturated carbocycles. The molecule has 1 fully saturated rings. The van der Waals surface area contributed by atoms with Crippen LogP contribution in [-0.4, -0.2) is 88.2 Å². The van der Waals surface area contributed by atoms with Crippen LogP contribution in [0.1, 0.15) is 36.2 Å². The third kappa shape index (κ3) is 7.95. The van der Waals surface area contributed by atoms with Crippen LogP contribution in [0.4, 0.5) is 0 Å². The van der Waals surface area contributed by atoms with Crippen molar-refractivity contribution in [1.29, 1.82) is 0 Å². The number of nitrogens with zero attached hydrogens (tertiary/aromatic N) is 3. The van der Waals surface area contributed by atoms with E-state index in [-0.39, 0.29) is 5.91 Å². The summed E-state index contributed by atoms with van der Waals surface area (Å²) in [6, 6.07) is 8.30. The molecule has 1 aromatic rings. The van der Waals surface area contributed by atoms with E-state index < -0.39 is 0 Å². The van der Waals surface area contributed by atoms with Gasteiger partial charge < -0.3 is 20.3 Å². The van der Waals surface area contributed by atoms with E-state index in [1.165, 1.54) is 0 Å². The molecule has 1 atom stereocenters. The van der Waals surface area contributed by atoms with Gasteiger partial charge in [0, 0.05) is 58.9 Å². The molecule has 30 heavy (non-hydrogen) atoms. The number of ether oxygens (including phenoxy) is 1. The number of carbonyl (C=O) groups excluding carboxylic acids is 1. The van der Waals surface area contributed by atoms with Crippen LogP contribution in [-0.2, 0) is 11.2 Å². The summed E-state index contributed by atoms with van der Waals surface area (Å²) in [6.07, 6.45) is 1.98. The molecular formula is C23H39N5O2. The summed E-state index contributed by atoms with van der Waals surface area (Å²) < 4.78 is 5.51. The normalized spacial score (nSPS) is 16.4. The Balaban J connectivity index is 1.83. The number of benzene rings is 1. The van der Waals surface area contributed by atoms with Gasteiger partial charge >= 0.3 is 0 Å². The molecule has 2 rings (SSSR count). The summed E-state index contributed by atoms with van der Waals surface area (Å²) in [6.45, 7) is 9.79. The van der Waals surface area contributed by atoms with Crippen LogP contribution in [0.2, 0.25) is 0 Å². The Bertz CT molecular complexity index is 684. The van der Waals surface area contributed by atoms with Gasteiger partial charge in [0.05, 0.1) is 13.2 Å². The van der Waals surface area contributed by atoms with Gasteiger partial charge in [0.1, 0.15) is 0 Å². The lowest BCUT2D eigenvalue weighted by atomic mass is 10.0. The van der Waals surface area contributed by atoms with Crippen molar-refractivity contribution in [3.8, 4) is 0 Å². The van der Waals surface area contributed by atoms with Crippen molar-refractivity contribution in [2.75, 3.05) is 60.5 Å². The SMILES string of the molecule is CN=C(NCCc1cccc(C(=O)N(C)C)c1)NCC(CC(C)C)N1CCOCC1. The van der Waals surface area contributed by atoms with Gasteiger partial charge in [-0.1, -0.05) is 26.0 Å². The zero-order chi connectivity index (χ0) is 21.9.